The zero-order chi connectivity index (χ0) is 16.9. The highest BCUT2D eigenvalue weighted by molar-refractivity contribution is 6.30. The van der Waals surface area contributed by atoms with Crippen molar-refractivity contribution in [2.24, 2.45) is 0 Å². The molecule has 0 saturated heterocycles. The molecule has 8 heteroatoms. The van der Waals surface area contributed by atoms with Crippen LogP contribution in [-0.2, 0) is 0 Å². The van der Waals surface area contributed by atoms with E-state index >= 15 is 0 Å². The van der Waals surface area contributed by atoms with Crippen LogP contribution in [0, 0.1) is 6.92 Å². The van der Waals surface area contributed by atoms with Crippen LogP contribution in [-0.4, -0.2) is 38.2 Å². The lowest BCUT2D eigenvalue weighted by Crippen LogP contribution is -2.09. The number of aromatic nitrogens is 4. The minimum Gasteiger partial charge on any atom is -0.396 e. The van der Waals surface area contributed by atoms with Gasteiger partial charge in [-0.1, -0.05) is 11.6 Å². The number of aryl methyl sites for hydroxylation is 1. The molecule has 7 nitrogen and oxygen atoms in total. The molecule has 0 radical (unpaired) electrons. The van der Waals surface area contributed by atoms with Crippen molar-refractivity contribution >= 4 is 40.2 Å². The molecule has 0 unspecified atom stereocenters. The van der Waals surface area contributed by atoms with Gasteiger partial charge < -0.3 is 15.7 Å². The number of benzene rings is 1. The van der Waals surface area contributed by atoms with E-state index in [9.17, 15) is 0 Å². The molecule has 0 bridgehead atoms. The Bertz CT molecular complexity index is 857. The van der Waals surface area contributed by atoms with Gasteiger partial charge >= 0.3 is 0 Å². The number of rotatable bonds is 6. The quantitative estimate of drug-likeness (QED) is 0.591. The van der Waals surface area contributed by atoms with Crippen LogP contribution in [0.4, 0.5) is 17.5 Å². The number of anilines is 3. The average molecular weight is 345 g/mol. The number of nitrogens with zero attached hydrogens (tertiary/aromatic N) is 4. The fourth-order valence-corrected chi connectivity index (χ4v) is 2.43. The fraction of sp³-hybridized carbons (Fsp3) is 0.250. The van der Waals surface area contributed by atoms with Crippen molar-refractivity contribution in [3.8, 4) is 0 Å². The molecular formula is C16H17ClN6O. The van der Waals surface area contributed by atoms with Crippen LogP contribution < -0.4 is 10.6 Å². The largest absolute Gasteiger partial charge is 0.396 e. The van der Waals surface area contributed by atoms with E-state index in [1.54, 1.807) is 12.4 Å². The molecule has 0 aliphatic heterocycles. The molecule has 1 aromatic carbocycles. The molecular weight excluding hydrogens is 328 g/mol. The van der Waals surface area contributed by atoms with Crippen LogP contribution >= 0.6 is 11.6 Å². The van der Waals surface area contributed by atoms with Crippen LogP contribution in [0.2, 0.25) is 5.02 Å². The molecule has 3 N–H and O–H groups in total. The molecule has 0 atom stereocenters. The Hall–Kier alpha value is -2.51. The van der Waals surface area contributed by atoms with Gasteiger partial charge in [-0.25, -0.2) is 9.97 Å². The van der Waals surface area contributed by atoms with E-state index in [-0.39, 0.29) is 6.61 Å². The summed E-state index contributed by atoms with van der Waals surface area (Å²) in [7, 11) is 0. The maximum absolute atomic E-state index is 8.89. The first-order valence-electron chi connectivity index (χ1n) is 7.54. The number of hydrogen-bond donors (Lipinski definition) is 3. The molecule has 2 aromatic heterocycles. The second-order valence-corrected chi connectivity index (χ2v) is 5.65. The van der Waals surface area contributed by atoms with Gasteiger partial charge in [-0.2, -0.15) is 9.97 Å². The van der Waals surface area contributed by atoms with E-state index in [1.807, 2.05) is 25.1 Å². The Morgan fingerprint density at radius 3 is 2.79 bits per heavy atom. The smallest absolute Gasteiger partial charge is 0.226 e. The van der Waals surface area contributed by atoms with Gasteiger partial charge in [-0.3, -0.25) is 0 Å². The van der Waals surface area contributed by atoms with Crippen molar-refractivity contribution in [3.63, 3.8) is 0 Å². The first-order chi connectivity index (χ1) is 11.7. The Morgan fingerprint density at radius 1 is 1.17 bits per heavy atom. The average Bonchev–Trinajstić information content (AvgIpc) is 2.57. The van der Waals surface area contributed by atoms with Gasteiger partial charge in [0.2, 0.25) is 5.95 Å². The van der Waals surface area contributed by atoms with Gasteiger partial charge in [0.1, 0.15) is 0 Å². The highest BCUT2D eigenvalue weighted by atomic mass is 35.5. The summed E-state index contributed by atoms with van der Waals surface area (Å²) in [6.07, 6.45) is 3.80. The number of aliphatic hydroxyl groups excluding tert-OH is 1. The van der Waals surface area contributed by atoms with Crippen molar-refractivity contribution in [1.29, 1.82) is 0 Å². The van der Waals surface area contributed by atoms with Crippen LogP contribution in [0.5, 0.6) is 0 Å². The van der Waals surface area contributed by atoms with Crippen molar-refractivity contribution in [2.45, 2.75) is 13.3 Å². The summed E-state index contributed by atoms with van der Waals surface area (Å²) in [4.78, 5) is 17.4. The van der Waals surface area contributed by atoms with Gasteiger partial charge in [0.25, 0.3) is 0 Å². The molecule has 2 heterocycles. The third kappa shape index (κ3) is 3.69. The predicted molar refractivity (Wildman–Crippen MR) is 94.8 cm³/mol. The molecule has 0 aliphatic rings. The van der Waals surface area contributed by atoms with Gasteiger partial charge in [0.15, 0.2) is 17.0 Å². The van der Waals surface area contributed by atoms with Crippen molar-refractivity contribution < 1.29 is 5.11 Å². The minimum atomic E-state index is 0.107. The first kappa shape index (κ1) is 16.4. The lowest BCUT2D eigenvalue weighted by Gasteiger charge is -2.12. The summed E-state index contributed by atoms with van der Waals surface area (Å²) in [6.45, 7) is 2.64. The third-order valence-electron chi connectivity index (χ3n) is 3.39. The highest BCUT2D eigenvalue weighted by Gasteiger charge is 2.11. The van der Waals surface area contributed by atoms with E-state index < -0.39 is 0 Å². The van der Waals surface area contributed by atoms with Crippen LogP contribution in [0.1, 0.15) is 12.0 Å². The Morgan fingerprint density at radius 2 is 2.00 bits per heavy atom. The van der Waals surface area contributed by atoms with Gasteiger partial charge in [0, 0.05) is 36.3 Å². The zero-order valence-electron chi connectivity index (χ0n) is 13.1. The van der Waals surface area contributed by atoms with Crippen LogP contribution in [0.3, 0.4) is 0 Å². The summed E-state index contributed by atoms with van der Waals surface area (Å²) in [5.74, 6) is 0.996. The summed E-state index contributed by atoms with van der Waals surface area (Å²) < 4.78 is 0. The molecule has 3 rings (SSSR count). The molecule has 0 fully saturated rings. The standard InChI is InChI=1S/C16H17ClN6O/c1-10-9-11(17)3-4-12(10)21-15-13-14(19-7-6-18-13)22-16(23-15)20-5-2-8-24/h3-4,6-7,9,24H,2,5,8H2,1H3,(H2,19,20,21,22,23). The summed E-state index contributed by atoms with van der Waals surface area (Å²) in [5, 5.41) is 15.9. The van der Waals surface area contributed by atoms with E-state index in [2.05, 4.69) is 30.6 Å². The molecule has 0 amide bonds. The summed E-state index contributed by atoms with van der Waals surface area (Å²) in [6, 6.07) is 5.58. The number of fused-ring (bicyclic) bond motifs is 1. The molecule has 0 saturated carbocycles. The Kier molecular flexibility index (Phi) is 5.02. The second-order valence-electron chi connectivity index (χ2n) is 5.21. The third-order valence-corrected chi connectivity index (χ3v) is 3.63. The van der Waals surface area contributed by atoms with Gasteiger partial charge in [-0.15, -0.1) is 0 Å². The van der Waals surface area contributed by atoms with Crippen molar-refractivity contribution in [2.75, 3.05) is 23.8 Å². The second kappa shape index (κ2) is 7.37. The SMILES string of the molecule is Cc1cc(Cl)ccc1Nc1nc(NCCCO)nc2nccnc12. The molecule has 0 aliphatic carbocycles. The van der Waals surface area contributed by atoms with E-state index in [0.717, 1.165) is 11.3 Å². The lowest BCUT2D eigenvalue weighted by atomic mass is 10.2. The maximum Gasteiger partial charge on any atom is 0.226 e. The Balaban J connectivity index is 1.98. The van der Waals surface area contributed by atoms with Crippen LogP contribution in [0.25, 0.3) is 11.2 Å². The minimum absolute atomic E-state index is 0.107. The number of aliphatic hydroxyl groups is 1. The monoisotopic (exact) mass is 344 g/mol. The molecule has 124 valence electrons. The predicted octanol–water partition coefficient (Wildman–Crippen LogP) is 2.92. The topological polar surface area (TPSA) is 95.9 Å². The van der Waals surface area contributed by atoms with Crippen LogP contribution in [0.15, 0.2) is 30.6 Å². The molecule has 24 heavy (non-hydrogen) atoms. The summed E-state index contributed by atoms with van der Waals surface area (Å²) in [5.41, 5.74) is 2.95. The zero-order valence-corrected chi connectivity index (χ0v) is 13.9. The maximum atomic E-state index is 8.89. The Labute approximate surface area is 144 Å². The lowest BCUT2D eigenvalue weighted by molar-refractivity contribution is 0.292. The number of nitrogens with one attached hydrogen (secondary N) is 2. The van der Waals surface area contributed by atoms with E-state index in [4.69, 9.17) is 16.7 Å². The number of hydrogen-bond acceptors (Lipinski definition) is 7. The normalized spacial score (nSPS) is 10.8. The first-order valence-corrected chi connectivity index (χ1v) is 7.92. The van der Waals surface area contributed by atoms with Gasteiger partial charge in [-0.05, 0) is 37.1 Å². The van der Waals surface area contributed by atoms with E-state index in [1.165, 1.54) is 0 Å². The highest BCUT2D eigenvalue weighted by Crippen LogP contribution is 2.26. The van der Waals surface area contributed by atoms with Crippen molar-refractivity contribution in [3.05, 3.63) is 41.2 Å². The van der Waals surface area contributed by atoms with Gasteiger partial charge in [0.05, 0.1) is 0 Å². The molecule has 0 spiro atoms. The molecule has 3 aromatic rings. The van der Waals surface area contributed by atoms with Crippen molar-refractivity contribution in [1.82, 2.24) is 19.9 Å². The van der Waals surface area contributed by atoms with E-state index in [0.29, 0.717) is 40.9 Å². The summed E-state index contributed by atoms with van der Waals surface area (Å²) >= 11 is 6.00. The number of halogens is 1. The fourth-order valence-electron chi connectivity index (χ4n) is 2.20.